The lowest BCUT2D eigenvalue weighted by Crippen LogP contribution is -2.26. The molecule has 0 saturated heterocycles. The molecule has 4 nitrogen and oxygen atoms in total. The summed E-state index contributed by atoms with van der Waals surface area (Å²) in [7, 11) is 0. The zero-order valence-corrected chi connectivity index (χ0v) is 17.2. The molecular weight excluding hydrogens is 393 g/mol. The molecule has 3 aromatic rings. The minimum Gasteiger partial charge on any atom is -0.493 e. The van der Waals surface area contributed by atoms with Gasteiger partial charge >= 0.3 is 6.09 Å². The van der Waals surface area contributed by atoms with Gasteiger partial charge in [0.15, 0.2) is 0 Å². The van der Waals surface area contributed by atoms with Gasteiger partial charge < -0.3 is 14.8 Å². The van der Waals surface area contributed by atoms with E-state index in [-0.39, 0.29) is 19.1 Å². The molecule has 0 aliphatic heterocycles. The molecule has 5 heteroatoms. The topological polar surface area (TPSA) is 47.6 Å². The Morgan fingerprint density at radius 1 is 1.03 bits per heavy atom. The Bertz CT molecular complexity index is 1120. The van der Waals surface area contributed by atoms with E-state index in [1.807, 2.05) is 31.2 Å². The standard InChI is InChI=1S/C26H22FNO3/c1-2-30-25-14-13-19(27)16-18(25)8-7-15-28-26(29)31-17-24-22-11-5-3-9-20(22)21-10-4-6-12-23(21)24/h3-6,9-14,16,24H,2,15,17H2,1H3,(H,28,29). The first-order valence-electron chi connectivity index (χ1n) is 10.2. The van der Waals surface area contributed by atoms with Gasteiger partial charge in [-0.15, -0.1) is 0 Å². The number of amides is 1. The second kappa shape index (κ2) is 9.36. The number of alkyl carbamates (subject to hydrolysis) is 1. The fourth-order valence-corrected chi connectivity index (χ4v) is 3.79. The van der Waals surface area contributed by atoms with E-state index in [0.717, 1.165) is 11.1 Å². The fraction of sp³-hybridized carbons (Fsp3) is 0.192. The summed E-state index contributed by atoms with van der Waals surface area (Å²) >= 11 is 0. The molecule has 0 radical (unpaired) electrons. The zero-order valence-electron chi connectivity index (χ0n) is 17.2. The first-order valence-corrected chi connectivity index (χ1v) is 10.2. The predicted octanol–water partition coefficient (Wildman–Crippen LogP) is 5.11. The summed E-state index contributed by atoms with van der Waals surface area (Å²) in [4.78, 5) is 12.2. The van der Waals surface area contributed by atoms with Crippen molar-refractivity contribution in [2.45, 2.75) is 12.8 Å². The number of benzene rings is 3. The second-order valence-corrected chi connectivity index (χ2v) is 7.05. The van der Waals surface area contributed by atoms with Gasteiger partial charge in [0.1, 0.15) is 18.2 Å². The van der Waals surface area contributed by atoms with Gasteiger partial charge in [0, 0.05) is 5.92 Å². The van der Waals surface area contributed by atoms with Crippen LogP contribution in [-0.4, -0.2) is 25.9 Å². The number of carbonyl (C=O) groups excluding carboxylic acids is 1. The Hall–Kier alpha value is -3.78. The summed E-state index contributed by atoms with van der Waals surface area (Å²) in [6, 6.07) is 20.5. The molecule has 0 bridgehead atoms. The molecule has 1 N–H and O–H groups in total. The largest absolute Gasteiger partial charge is 0.493 e. The minimum atomic E-state index is -0.541. The van der Waals surface area contributed by atoms with Gasteiger partial charge in [0.25, 0.3) is 0 Å². The quantitative estimate of drug-likeness (QED) is 0.589. The Kier molecular flexibility index (Phi) is 6.18. The normalized spacial score (nSPS) is 11.7. The molecule has 156 valence electrons. The van der Waals surface area contributed by atoms with Crippen molar-refractivity contribution in [3.63, 3.8) is 0 Å². The van der Waals surface area contributed by atoms with E-state index < -0.39 is 11.9 Å². The molecule has 0 saturated carbocycles. The van der Waals surface area contributed by atoms with Gasteiger partial charge in [-0.3, -0.25) is 0 Å². The molecule has 0 heterocycles. The van der Waals surface area contributed by atoms with E-state index in [1.54, 1.807) is 6.07 Å². The highest BCUT2D eigenvalue weighted by atomic mass is 19.1. The van der Waals surface area contributed by atoms with Crippen LogP contribution in [0.3, 0.4) is 0 Å². The second-order valence-electron chi connectivity index (χ2n) is 7.05. The van der Waals surface area contributed by atoms with Crippen LogP contribution in [0.25, 0.3) is 11.1 Å². The lowest BCUT2D eigenvalue weighted by atomic mass is 9.98. The summed E-state index contributed by atoms with van der Waals surface area (Å²) in [5.74, 6) is 5.77. The monoisotopic (exact) mass is 415 g/mol. The van der Waals surface area contributed by atoms with Crippen LogP contribution in [-0.2, 0) is 4.74 Å². The Morgan fingerprint density at radius 2 is 1.71 bits per heavy atom. The molecular formula is C26H22FNO3. The number of hydrogen-bond acceptors (Lipinski definition) is 3. The highest BCUT2D eigenvalue weighted by molar-refractivity contribution is 5.79. The number of rotatable bonds is 5. The molecule has 0 fully saturated rings. The molecule has 31 heavy (non-hydrogen) atoms. The third-order valence-electron chi connectivity index (χ3n) is 5.13. The third kappa shape index (κ3) is 4.54. The SMILES string of the molecule is CCOc1ccc(F)cc1C#CCNC(=O)OCC1c2ccccc2-c2ccccc21. The van der Waals surface area contributed by atoms with E-state index in [2.05, 4.69) is 41.4 Å². The molecule has 3 aromatic carbocycles. The molecule has 0 unspecified atom stereocenters. The molecule has 0 aromatic heterocycles. The van der Waals surface area contributed by atoms with Crippen molar-refractivity contribution >= 4 is 6.09 Å². The van der Waals surface area contributed by atoms with Crippen LogP contribution in [0.1, 0.15) is 29.5 Å². The Balaban J connectivity index is 1.35. The van der Waals surface area contributed by atoms with Crippen LogP contribution >= 0.6 is 0 Å². The summed E-state index contributed by atoms with van der Waals surface area (Å²) < 4.78 is 24.4. The van der Waals surface area contributed by atoms with Crippen LogP contribution in [0.5, 0.6) is 5.75 Å². The number of nitrogens with one attached hydrogen (secondary N) is 1. The maximum atomic E-state index is 13.5. The molecule has 0 spiro atoms. The van der Waals surface area contributed by atoms with Crippen molar-refractivity contribution in [3.8, 4) is 28.7 Å². The number of hydrogen-bond donors (Lipinski definition) is 1. The number of halogens is 1. The van der Waals surface area contributed by atoms with Crippen LogP contribution in [0.4, 0.5) is 9.18 Å². The van der Waals surface area contributed by atoms with Gasteiger partial charge in [-0.1, -0.05) is 60.4 Å². The summed E-state index contributed by atoms with van der Waals surface area (Å²) in [5.41, 5.74) is 5.12. The fourth-order valence-electron chi connectivity index (χ4n) is 3.79. The number of fused-ring (bicyclic) bond motifs is 3. The molecule has 1 amide bonds. The van der Waals surface area contributed by atoms with Gasteiger partial charge in [-0.2, -0.15) is 0 Å². The van der Waals surface area contributed by atoms with Crippen molar-refractivity contribution in [1.82, 2.24) is 5.32 Å². The highest BCUT2D eigenvalue weighted by Gasteiger charge is 2.28. The smallest absolute Gasteiger partial charge is 0.407 e. The summed E-state index contributed by atoms with van der Waals surface area (Å²) in [6.45, 7) is 2.63. The van der Waals surface area contributed by atoms with Crippen molar-refractivity contribution in [2.24, 2.45) is 0 Å². The average Bonchev–Trinajstić information content (AvgIpc) is 3.11. The Morgan fingerprint density at radius 3 is 2.39 bits per heavy atom. The van der Waals surface area contributed by atoms with Gasteiger partial charge in [0.2, 0.25) is 0 Å². The van der Waals surface area contributed by atoms with E-state index in [0.29, 0.717) is 17.9 Å². The van der Waals surface area contributed by atoms with Crippen LogP contribution in [0, 0.1) is 17.7 Å². The molecule has 4 rings (SSSR count). The van der Waals surface area contributed by atoms with E-state index >= 15 is 0 Å². The van der Waals surface area contributed by atoms with Gasteiger partial charge in [-0.25, -0.2) is 9.18 Å². The van der Waals surface area contributed by atoms with Gasteiger partial charge in [0.05, 0.1) is 18.7 Å². The summed E-state index contributed by atoms with van der Waals surface area (Å²) in [6.07, 6.45) is -0.541. The van der Waals surface area contributed by atoms with Crippen molar-refractivity contribution in [1.29, 1.82) is 0 Å². The molecule has 1 aliphatic rings. The Labute approximate surface area is 181 Å². The van der Waals surface area contributed by atoms with E-state index in [9.17, 15) is 9.18 Å². The van der Waals surface area contributed by atoms with Crippen LogP contribution in [0.2, 0.25) is 0 Å². The van der Waals surface area contributed by atoms with E-state index in [1.165, 1.54) is 23.3 Å². The van der Waals surface area contributed by atoms with Crippen molar-refractivity contribution < 1.29 is 18.7 Å². The van der Waals surface area contributed by atoms with Crippen molar-refractivity contribution in [3.05, 3.63) is 89.2 Å². The molecule has 0 atom stereocenters. The third-order valence-corrected chi connectivity index (χ3v) is 5.13. The zero-order chi connectivity index (χ0) is 21.6. The first kappa shape index (κ1) is 20.5. The van der Waals surface area contributed by atoms with Crippen LogP contribution < -0.4 is 10.1 Å². The maximum absolute atomic E-state index is 13.5. The van der Waals surface area contributed by atoms with E-state index in [4.69, 9.17) is 9.47 Å². The van der Waals surface area contributed by atoms with Crippen LogP contribution in [0.15, 0.2) is 66.7 Å². The minimum absolute atomic E-state index is 0.00489. The first-order chi connectivity index (χ1) is 15.2. The van der Waals surface area contributed by atoms with Crippen molar-refractivity contribution in [2.75, 3.05) is 19.8 Å². The maximum Gasteiger partial charge on any atom is 0.407 e. The number of ether oxygens (including phenoxy) is 2. The lowest BCUT2D eigenvalue weighted by Gasteiger charge is -2.14. The number of carbonyl (C=O) groups is 1. The average molecular weight is 415 g/mol. The molecule has 1 aliphatic carbocycles. The predicted molar refractivity (Wildman–Crippen MR) is 118 cm³/mol. The lowest BCUT2D eigenvalue weighted by molar-refractivity contribution is 0.144. The van der Waals surface area contributed by atoms with Gasteiger partial charge in [-0.05, 0) is 47.4 Å². The summed E-state index contributed by atoms with van der Waals surface area (Å²) in [5, 5.41) is 2.62. The highest BCUT2D eigenvalue weighted by Crippen LogP contribution is 2.44.